The Bertz CT molecular complexity index is 1630. The predicted molar refractivity (Wildman–Crippen MR) is 150 cm³/mol. The molecule has 1 aromatic heterocycles. The Balaban J connectivity index is 1.45. The molecule has 43 heavy (non-hydrogen) atoms. The number of fused-ring (bicyclic) bond motifs is 5. The first-order valence-corrected chi connectivity index (χ1v) is 14.2. The normalized spacial score (nSPS) is 25.1. The van der Waals surface area contributed by atoms with Crippen LogP contribution in [0.1, 0.15) is 64.2 Å². The number of benzene rings is 2. The highest BCUT2D eigenvalue weighted by atomic mass is 19.1. The number of aromatic nitrogens is 1. The largest absolute Gasteiger partial charge is 0.483 e. The third-order valence-corrected chi connectivity index (χ3v) is 8.82. The SMILES string of the molecule is C[C@H]1CC[C@]2(CC(CO)N(Cc3ccc(F)cc3F)O2)[C@H]2CN1C(=O)c1c(OCc3ccccc3)c(=O)c(C(N)=O)cn12. The van der Waals surface area contributed by atoms with Gasteiger partial charge in [0.1, 0.15) is 29.4 Å². The number of aliphatic hydroxyl groups is 1. The van der Waals surface area contributed by atoms with E-state index in [0.717, 1.165) is 17.7 Å². The van der Waals surface area contributed by atoms with Crippen molar-refractivity contribution in [3.63, 3.8) is 0 Å². The van der Waals surface area contributed by atoms with E-state index in [2.05, 4.69) is 0 Å². The number of hydrogen-bond acceptors (Lipinski definition) is 7. The summed E-state index contributed by atoms with van der Waals surface area (Å²) in [5, 5.41) is 11.8. The molecule has 0 saturated carbocycles. The van der Waals surface area contributed by atoms with Gasteiger partial charge in [0.25, 0.3) is 11.8 Å². The molecule has 226 valence electrons. The van der Waals surface area contributed by atoms with Gasteiger partial charge in [0.2, 0.25) is 5.43 Å². The third-order valence-electron chi connectivity index (χ3n) is 8.82. The number of hydroxylamine groups is 2. The van der Waals surface area contributed by atoms with Gasteiger partial charge < -0.3 is 25.0 Å². The maximum Gasteiger partial charge on any atom is 0.274 e. The maximum absolute atomic E-state index is 14.6. The zero-order valence-corrected chi connectivity index (χ0v) is 23.5. The number of halogens is 2. The van der Waals surface area contributed by atoms with Gasteiger partial charge >= 0.3 is 0 Å². The summed E-state index contributed by atoms with van der Waals surface area (Å²) in [5.41, 5.74) is 4.44. The van der Waals surface area contributed by atoms with Gasteiger partial charge in [-0.2, -0.15) is 5.06 Å². The number of pyridine rings is 1. The number of carbonyl (C=O) groups excluding carboxylic acids is 2. The van der Waals surface area contributed by atoms with Crippen LogP contribution in [-0.4, -0.2) is 62.3 Å². The van der Waals surface area contributed by atoms with Crippen molar-refractivity contribution in [3.05, 3.63) is 99.0 Å². The van der Waals surface area contributed by atoms with E-state index in [0.29, 0.717) is 19.3 Å². The smallest absolute Gasteiger partial charge is 0.274 e. The van der Waals surface area contributed by atoms with E-state index in [-0.39, 0.29) is 54.9 Å². The standard InChI is InChI=1S/C31H32F2N4O6/c1-18-9-10-31(12-22(16-38)37(43-31)13-20-7-8-21(32)11-24(20)33)25-15-35(18)30(41)26-28(42-17-19-5-3-2-4-6-19)27(39)23(29(34)40)14-36(25)26/h2-8,11,14,18,22,25,38H,9-10,12-13,15-17H2,1H3,(H2,34,40)/t18-,22?,25+,31-/m0/s1. The van der Waals surface area contributed by atoms with Gasteiger partial charge in [-0.05, 0) is 31.4 Å². The van der Waals surface area contributed by atoms with Crippen LogP contribution in [0, 0.1) is 11.6 Å². The molecule has 2 saturated heterocycles. The summed E-state index contributed by atoms with van der Waals surface area (Å²) in [6.07, 6.45) is 2.61. The minimum Gasteiger partial charge on any atom is -0.483 e. The Hall–Kier alpha value is -4.13. The fraction of sp³-hybridized carbons (Fsp3) is 0.387. The number of nitrogens with two attached hydrogens (primary N) is 1. The number of carbonyl (C=O) groups is 2. The van der Waals surface area contributed by atoms with E-state index in [4.69, 9.17) is 15.3 Å². The van der Waals surface area contributed by atoms with Crippen molar-refractivity contribution in [1.29, 1.82) is 0 Å². The minimum absolute atomic E-state index is 0.0116. The Labute approximate surface area is 246 Å². The molecule has 3 aromatic rings. The van der Waals surface area contributed by atoms with Crippen molar-refractivity contribution in [1.82, 2.24) is 14.5 Å². The first-order valence-electron chi connectivity index (χ1n) is 14.2. The number of ether oxygens (including phenoxy) is 1. The van der Waals surface area contributed by atoms with Crippen LogP contribution < -0.4 is 15.9 Å². The molecule has 2 amide bonds. The fourth-order valence-electron chi connectivity index (χ4n) is 6.50. The summed E-state index contributed by atoms with van der Waals surface area (Å²) in [6, 6.07) is 11.0. The first kappa shape index (κ1) is 29.0. The summed E-state index contributed by atoms with van der Waals surface area (Å²) < 4.78 is 35.7. The summed E-state index contributed by atoms with van der Waals surface area (Å²) in [7, 11) is 0. The molecule has 0 radical (unpaired) electrons. The van der Waals surface area contributed by atoms with Crippen molar-refractivity contribution in [2.24, 2.45) is 5.73 Å². The van der Waals surface area contributed by atoms with Gasteiger partial charge in [-0.25, -0.2) is 8.78 Å². The molecule has 6 rings (SSSR count). The van der Waals surface area contributed by atoms with Crippen LogP contribution in [0.2, 0.25) is 0 Å². The van der Waals surface area contributed by atoms with E-state index in [1.807, 2.05) is 37.3 Å². The monoisotopic (exact) mass is 594 g/mol. The Kier molecular flexibility index (Phi) is 7.53. The van der Waals surface area contributed by atoms with Crippen LogP contribution in [0.5, 0.6) is 5.75 Å². The van der Waals surface area contributed by atoms with Gasteiger partial charge in [-0.15, -0.1) is 0 Å². The van der Waals surface area contributed by atoms with E-state index in [1.54, 1.807) is 9.47 Å². The minimum atomic E-state index is -1.01. The molecule has 3 aliphatic heterocycles. The Morgan fingerprint density at radius 2 is 1.95 bits per heavy atom. The highest BCUT2D eigenvalue weighted by Crippen LogP contribution is 2.49. The molecule has 3 N–H and O–H groups in total. The first-order chi connectivity index (χ1) is 20.6. The summed E-state index contributed by atoms with van der Waals surface area (Å²) in [6.45, 7) is 1.73. The molecular weight excluding hydrogens is 562 g/mol. The number of rotatable bonds is 7. The number of hydrogen-bond donors (Lipinski definition) is 2. The number of primary amides is 1. The molecule has 1 unspecified atom stereocenters. The quantitative estimate of drug-likeness (QED) is 0.431. The topological polar surface area (TPSA) is 127 Å². The van der Waals surface area contributed by atoms with Gasteiger partial charge in [0.15, 0.2) is 11.4 Å². The van der Waals surface area contributed by atoms with Crippen molar-refractivity contribution >= 4 is 11.8 Å². The van der Waals surface area contributed by atoms with Crippen LogP contribution in [0.15, 0.2) is 59.5 Å². The lowest BCUT2D eigenvalue weighted by atomic mass is 9.83. The van der Waals surface area contributed by atoms with Crippen LogP contribution in [0.3, 0.4) is 0 Å². The Morgan fingerprint density at radius 1 is 1.19 bits per heavy atom. The zero-order chi connectivity index (χ0) is 30.5. The second-order valence-corrected chi connectivity index (χ2v) is 11.5. The number of amides is 2. The van der Waals surface area contributed by atoms with Crippen LogP contribution in [0.25, 0.3) is 0 Å². The molecule has 3 aliphatic rings. The lowest BCUT2D eigenvalue weighted by molar-refractivity contribution is -0.229. The maximum atomic E-state index is 14.6. The third kappa shape index (κ3) is 5.09. The lowest BCUT2D eigenvalue weighted by Crippen LogP contribution is -2.52. The molecule has 4 heterocycles. The zero-order valence-electron chi connectivity index (χ0n) is 23.5. The molecule has 10 nitrogen and oxygen atoms in total. The molecular formula is C31H32F2N4O6. The van der Waals surface area contributed by atoms with E-state index >= 15 is 0 Å². The average Bonchev–Trinajstić information content (AvgIpc) is 3.29. The molecule has 4 atom stereocenters. The predicted octanol–water partition coefficient (Wildman–Crippen LogP) is 2.92. The summed E-state index contributed by atoms with van der Waals surface area (Å²) >= 11 is 0. The van der Waals surface area contributed by atoms with Crippen molar-refractivity contribution in [2.75, 3.05) is 13.2 Å². The Morgan fingerprint density at radius 3 is 2.65 bits per heavy atom. The van der Waals surface area contributed by atoms with Crippen molar-refractivity contribution in [3.8, 4) is 5.75 Å². The van der Waals surface area contributed by atoms with Crippen molar-refractivity contribution in [2.45, 2.75) is 63.1 Å². The molecule has 2 aromatic carbocycles. The van der Waals surface area contributed by atoms with Crippen LogP contribution >= 0.6 is 0 Å². The average molecular weight is 595 g/mol. The molecule has 0 aliphatic carbocycles. The van der Waals surface area contributed by atoms with Gasteiger partial charge in [-0.3, -0.25) is 19.2 Å². The fourth-order valence-corrected chi connectivity index (χ4v) is 6.50. The lowest BCUT2D eigenvalue weighted by Gasteiger charge is -2.43. The van der Waals surface area contributed by atoms with E-state index in [9.17, 15) is 28.3 Å². The number of aliphatic hydroxyl groups excluding tert-OH is 1. The highest BCUT2D eigenvalue weighted by molar-refractivity contribution is 5.99. The molecule has 2 fully saturated rings. The highest BCUT2D eigenvalue weighted by Gasteiger charge is 2.56. The van der Waals surface area contributed by atoms with Gasteiger partial charge in [0, 0.05) is 36.8 Å². The molecule has 12 heteroatoms. The van der Waals surface area contributed by atoms with Gasteiger partial charge in [0.05, 0.1) is 25.2 Å². The molecule has 1 spiro atoms. The van der Waals surface area contributed by atoms with Crippen LogP contribution in [0.4, 0.5) is 8.78 Å². The number of nitrogens with zero attached hydrogens (tertiary/aromatic N) is 3. The second-order valence-electron chi connectivity index (χ2n) is 11.5. The summed E-state index contributed by atoms with van der Waals surface area (Å²) in [4.78, 5) is 48.2. The van der Waals surface area contributed by atoms with E-state index in [1.165, 1.54) is 17.3 Å². The van der Waals surface area contributed by atoms with Crippen LogP contribution in [-0.2, 0) is 18.0 Å². The van der Waals surface area contributed by atoms with Crippen molar-refractivity contribution < 1.29 is 33.1 Å². The van der Waals surface area contributed by atoms with Gasteiger partial charge in [-0.1, -0.05) is 36.4 Å². The van der Waals surface area contributed by atoms with E-state index < -0.39 is 46.6 Å². The molecule has 2 bridgehead atoms. The summed E-state index contributed by atoms with van der Waals surface area (Å²) in [5.74, 6) is -3.10. The second kappa shape index (κ2) is 11.2.